The van der Waals surface area contributed by atoms with E-state index in [1.54, 1.807) is 13.3 Å². The van der Waals surface area contributed by atoms with Crippen LogP contribution in [0, 0.1) is 0 Å². The number of aromatic amines is 1. The average molecular weight is 230 g/mol. The van der Waals surface area contributed by atoms with Crippen molar-refractivity contribution in [1.82, 2.24) is 4.98 Å². The first-order chi connectivity index (χ1) is 8.29. The van der Waals surface area contributed by atoms with Crippen molar-refractivity contribution in [1.29, 1.82) is 0 Å². The van der Waals surface area contributed by atoms with Crippen LogP contribution in [-0.2, 0) is 11.2 Å². The van der Waals surface area contributed by atoms with Crippen molar-refractivity contribution in [3.63, 3.8) is 0 Å². The molecule has 4 heteroatoms. The molecule has 0 saturated carbocycles. The van der Waals surface area contributed by atoms with Gasteiger partial charge in [0.05, 0.1) is 19.2 Å². The highest BCUT2D eigenvalue weighted by atomic mass is 16.5. The van der Waals surface area contributed by atoms with Crippen molar-refractivity contribution in [3.8, 4) is 5.75 Å². The molecule has 2 aromatic rings. The minimum Gasteiger partial charge on any atom is -0.495 e. The number of hydrogen-bond donors (Lipinski definition) is 2. The van der Waals surface area contributed by atoms with Crippen LogP contribution in [-0.4, -0.2) is 18.0 Å². The van der Waals surface area contributed by atoms with Gasteiger partial charge >= 0.3 is 0 Å². The van der Waals surface area contributed by atoms with E-state index in [1.807, 2.05) is 36.4 Å². The second-order valence-electron chi connectivity index (χ2n) is 3.62. The van der Waals surface area contributed by atoms with Crippen molar-refractivity contribution < 1.29 is 9.53 Å². The number of ether oxygens (including phenoxy) is 1. The van der Waals surface area contributed by atoms with E-state index >= 15 is 0 Å². The fraction of sp³-hybridized carbons (Fsp3) is 0.154. The van der Waals surface area contributed by atoms with Gasteiger partial charge in [-0.25, -0.2) is 0 Å². The lowest BCUT2D eigenvalue weighted by Gasteiger charge is -2.09. The largest absolute Gasteiger partial charge is 0.495 e. The van der Waals surface area contributed by atoms with E-state index < -0.39 is 0 Å². The van der Waals surface area contributed by atoms with Crippen LogP contribution in [0.5, 0.6) is 5.75 Å². The van der Waals surface area contributed by atoms with Crippen molar-refractivity contribution in [2.75, 3.05) is 12.4 Å². The summed E-state index contributed by atoms with van der Waals surface area (Å²) < 4.78 is 5.16. The van der Waals surface area contributed by atoms with Gasteiger partial charge in [0.25, 0.3) is 0 Å². The number of carbonyl (C=O) groups excluding carboxylic acids is 1. The first-order valence-electron chi connectivity index (χ1n) is 5.34. The number of rotatable bonds is 4. The van der Waals surface area contributed by atoms with Crippen LogP contribution >= 0.6 is 0 Å². The molecule has 1 amide bonds. The number of benzene rings is 1. The normalized spacial score (nSPS) is 9.94. The van der Waals surface area contributed by atoms with Crippen LogP contribution in [0.4, 0.5) is 5.69 Å². The maximum Gasteiger partial charge on any atom is 0.230 e. The first-order valence-corrected chi connectivity index (χ1v) is 5.34. The molecule has 0 fully saturated rings. The van der Waals surface area contributed by atoms with Gasteiger partial charge in [-0.3, -0.25) is 4.79 Å². The Labute approximate surface area is 99.6 Å². The van der Waals surface area contributed by atoms with Gasteiger partial charge in [-0.15, -0.1) is 0 Å². The quantitative estimate of drug-likeness (QED) is 0.846. The zero-order chi connectivity index (χ0) is 12.1. The maximum atomic E-state index is 11.8. The number of anilines is 1. The van der Waals surface area contributed by atoms with Gasteiger partial charge in [0, 0.05) is 11.9 Å². The van der Waals surface area contributed by atoms with E-state index in [0.717, 1.165) is 5.69 Å². The van der Waals surface area contributed by atoms with E-state index in [0.29, 0.717) is 17.9 Å². The molecule has 0 bridgehead atoms. The number of H-pyrrole nitrogens is 1. The minimum absolute atomic E-state index is 0.0723. The zero-order valence-electron chi connectivity index (χ0n) is 9.57. The maximum absolute atomic E-state index is 11.8. The molecule has 88 valence electrons. The Kier molecular flexibility index (Phi) is 3.45. The van der Waals surface area contributed by atoms with Gasteiger partial charge in [-0.05, 0) is 24.3 Å². The van der Waals surface area contributed by atoms with Crippen LogP contribution in [0.1, 0.15) is 5.69 Å². The Morgan fingerprint density at radius 3 is 2.82 bits per heavy atom. The van der Waals surface area contributed by atoms with Crippen LogP contribution in [0.3, 0.4) is 0 Å². The van der Waals surface area contributed by atoms with Crippen molar-refractivity contribution in [3.05, 3.63) is 48.3 Å². The first kappa shape index (κ1) is 11.3. The molecule has 2 rings (SSSR count). The Balaban J connectivity index is 2.03. The third-order valence-corrected chi connectivity index (χ3v) is 2.39. The molecule has 17 heavy (non-hydrogen) atoms. The Morgan fingerprint density at radius 1 is 1.29 bits per heavy atom. The van der Waals surface area contributed by atoms with Gasteiger partial charge in [0.2, 0.25) is 5.91 Å². The lowest BCUT2D eigenvalue weighted by molar-refractivity contribution is -0.115. The summed E-state index contributed by atoms with van der Waals surface area (Å²) in [5.41, 5.74) is 1.57. The SMILES string of the molecule is COc1ccccc1NC(=O)Cc1ccc[nH]1. The molecule has 1 aromatic heterocycles. The summed E-state index contributed by atoms with van der Waals surface area (Å²) in [6.07, 6.45) is 2.12. The monoisotopic (exact) mass is 230 g/mol. The Hall–Kier alpha value is -2.23. The summed E-state index contributed by atoms with van der Waals surface area (Å²) in [6.45, 7) is 0. The third-order valence-electron chi connectivity index (χ3n) is 2.39. The van der Waals surface area contributed by atoms with Crippen LogP contribution in [0.2, 0.25) is 0 Å². The average Bonchev–Trinajstić information content (AvgIpc) is 2.82. The highest BCUT2D eigenvalue weighted by Crippen LogP contribution is 2.22. The summed E-state index contributed by atoms with van der Waals surface area (Å²) in [5.74, 6) is 0.587. The summed E-state index contributed by atoms with van der Waals surface area (Å²) >= 11 is 0. The molecule has 0 atom stereocenters. The third kappa shape index (κ3) is 2.87. The predicted octanol–water partition coefficient (Wildman–Crippen LogP) is 2.20. The van der Waals surface area contributed by atoms with Crippen LogP contribution in [0.15, 0.2) is 42.6 Å². The van der Waals surface area contributed by atoms with Crippen molar-refractivity contribution in [2.45, 2.75) is 6.42 Å². The molecule has 0 spiro atoms. The summed E-state index contributed by atoms with van der Waals surface area (Å²) in [4.78, 5) is 14.8. The van der Waals surface area contributed by atoms with Crippen molar-refractivity contribution in [2.24, 2.45) is 0 Å². The molecule has 1 aromatic carbocycles. The number of methoxy groups -OCH3 is 1. The number of carbonyl (C=O) groups is 1. The van der Waals surface area contributed by atoms with Gasteiger partial charge in [0.15, 0.2) is 0 Å². The number of aromatic nitrogens is 1. The van der Waals surface area contributed by atoms with E-state index in [1.165, 1.54) is 0 Å². The van der Waals surface area contributed by atoms with E-state index in [2.05, 4.69) is 10.3 Å². The van der Waals surface area contributed by atoms with Crippen LogP contribution in [0.25, 0.3) is 0 Å². The number of hydrogen-bond acceptors (Lipinski definition) is 2. The van der Waals surface area contributed by atoms with E-state index in [-0.39, 0.29) is 5.91 Å². The number of nitrogens with one attached hydrogen (secondary N) is 2. The predicted molar refractivity (Wildman–Crippen MR) is 66.1 cm³/mol. The van der Waals surface area contributed by atoms with Gasteiger partial charge in [-0.2, -0.15) is 0 Å². The molecule has 0 radical (unpaired) electrons. The highest BCUT2D eigenvalue weighted by Gasteiger charge is 2.07. The molecule has 0 aliphatic carbocycles. The molecular weight excluding hydrogens is 216 g/mol. The molecule has 4 nitrogen and oxygen atoms in total. The van der Waals surface area contributed by atoms with Gasteiger partial charge in [-0.1, -0.05) is 12.1 Å². The molecule has 0 aliphatic heterocycles. The molecule has 1 heterocycles. The van der Waals surface area contributed by atoms with Crippen LogP contribution < -0.4 is 10.1 Å². The smallest absolute Gasteiger partial charge is 0.230 e. The Bertz CT molecular complexity index is 492. The lowest BCUT2D eigenvalue weighted by atomic mass is 10.2. The van der Waals surface area contributed by atoms with Gasteiger partial charge in [0.1, 0.15) is 5.75 Å². The van der Waals surface area contributed by atoms with Crippen molar-refractivity contribution >= 4 is 11.6 Å². The second kappa shape index (κ2) is 5.21. The summed E-state index contributed by atoms with van der Waals surface area (Å²) in [6, 6.07) is 11.1. The number of para-hydroxylation sites is 2. The zero-order valence-corrected chi connectivity index (χ0v) is 9.57. The highest BCUT2D eigenvalue weighted by molar-refractivity contribution is 5.93. The molecule has 0 aliphatic rings. The van der Waals surface area contributed by atoms with E-state index in [9.17, 15) is 4.79 Å². The summed E-state index contributed by atoms with van der Waals surface area (Å²) in [5, 5.41) is 2.82. The topological polar surface area (TPSA) is 54.1 Å². The fourth-order valence-corrected chi connectivity index (χ4v) is 1.59. The fourth-order valence-electron chi connectivity index (χ4n) is 1.59. The molecular formula is C13H14N2O2. The lowest BCUT2D eigenvalue weighted by Crippen LogP contribution is -2.15. The second-order valence-corrected chi connectivity index (χ2v) is 3.62. The molecule has 2 N–H and O–H groups in total. The van der Waals surface area contributed by atoms with Gasteiger partial charge < -0.3 is 15.0 Å². The van der Waals surface area contributed by atoms with E-state index in [4.69, 9.17) is 4.74 Å². The summed E-state index contributed by atoms with van der Waals surface area (Å²) in [7, 11) is 1.58. The standard InChI is InChI=1S/C13H14N2O2/c1-17-12-7-3-2-6-11(12)15-13(16)9-10-5-4-8-14-10/h2-8,14H,9H2,1H3,(H,15,16). The number of amides is 1. The Morgan fingerprint density at radius 2 is 2.12 bits per heavy atom. The molecule has 0 unspecified atom stereocenters. The molecule has 0 saturated heterocycles. The minimum atomic E-state index is -0.0723.